The van der Waals surface area contributed by atoms with Gasteiger partial charge < -0.3 is 19.5 Å². The zero-order valence-corrected chi connectivity index (χ0v) is 18.5. The van der Waals surface area contributed by atoms with E-state index in [0.29, 0.717) is 12.5 Å². The summed E-state index contributed by atoms with van der Waals surface area (Å²) in [6.45, 7) is 11.8. The molecule has 1 aromatic heterocycles. The lowest BCUT2D eigenvalue weighted by atomic mass is 9.95. The molecule has 1 saturated heterocycles. The lowest BCUT2D eigenvalue weighted by Crippen LogP contribution is -2.43. The number of nitrogens with one attached hydrogen (secondary N) is 1. The molecule has 0 unspecified atom stereocenters. The molecule has 0 spiro atoms. The maximum atomic E-state index is 13.0. The minimum atomic E-state index is -0.488. The van der Waals surface area contributed by atoms with Crippen molar-refractivity contribution in [2.75, 3.05) is 26.7 Å². The molecule has 2 amide bonds. The number of rotatable bonds is 3. The molecule has 1 aliphatic rings. The lowest BCUT2D eigenvalue weighted by molar-refractivity contribution is 0.0246. The van der Waals surface area contributed by atoms with Gasteiger partial charge in [-0.15, -0.1) is 0 Å². The van der Waals surface area contributed by atoms with Crippen LogP contribution < -0.4 is 0 Å². The second-order valence-electron chi connectivity index (χ2n) is 9.23. The molecule has 0 atom stereocenters. The first-order valence-electron chi connectivity index (χ1n) is 10.4. The molecule has 1 aromatic carbocycles. The van der Waals surface area contributed by atoms with Gasteiger partial charge in [-0.1, -0.05) is 0 Å². The van der Waals surface area contributed by atoms with Crippen LogP contribution in [-0.4, -0.2) is 59.1 Å². The fourth-order valence-electron chi connectivity index (χ4n) is 3.90. The first-order valence-corrected chi connectivity index (χ1v) is 10.4. The maximum absolute atomic E-state index is 13.0. The number of carbonyl (C=O) groups excluding carboxylic acids is 2. The van der Waals surface area contributed by atoms with Crippen LogP contribution in [0.15, 0.2) is 18.2 Å². The number of likely N-dealkylation sites (tertiary alicyclic amines) is 1. The van der Waals surface area contributed by atoms with Gasteiger partial charge in [0, 0.05) is 48.8 Å². The number of hydrogen-bond donors (Lipinski definition) is 1. The van der Waals surface area contributed by atoms with Crippen molar-refractivity contribution in [1.82, 2.24) is 14.8 Å². The zero-order valence-electron chi connectivity index (χ0n) is 18.5. The summed E-state index contributed by atoms with van der Waals surface area (Å²) in [6, 6.07) is 5.90. The molecule has 158 valence electrons. The maximum Gasteiger partial charge on any atom is 0.410 e. The lowest BCUT2D eigenvalue weighted by Gasteiger charge is -2.34. The Balaban J connectivity index is 1.57. The van der Waals surface area contributed by atoms with Gasteiger partial charge in [-0.25, -0.2) is 4.79 Å². The van der Waals surface area contributed by atoms with Crippen molar-refractivity contribution in [2.45, 2.75) is 53.1 Å². The van der Waals surface area contributed by atoms with Gasteiger partial charge in [-0.2, -0.15) is 0 Å². The Bertz CT molecular complexity index is 902. The average molecular weight is 400 g/mol. The Morgan fingerprint density at radius 3 is 2.48 bits per heavy atom. The monoisotopic (exact) mass is 399 g/mol. The number of hydrogen-bond acceptors (Lipinski definition) is 3. The molecule has 1 aliphatic heterocycles. The third-order valence-electron chi connectivity index (χ3n) is 5.69. The Hall–Kier alpha value is -2.50. The Labute approximate surface area is 173 Å². The summed E-state index contributed by atoms with van der Waals surface area (Å²) in [7, 11) is 1.78. The van der Waals surface area contributed by atoms with Crippen LogP contribution in [0, 0.1) is 19.8 Å². The number of carbonyl (C=O) groups is 2. The van der Waals surface area contributed by atoms with E-state index in [4.69, 9.17) is 4.74 Å². The van der Waals surface area contributed by atoms with Gasteiger partial charge in [0.2, 0.25) is 0 Å². The molecular formula is C23H33N3O3. The van der Waals surface area contributed by atoms with Crippen molar-refractivity contribution in [2.24, 2.45) is 5.92 Å². The molecule has 3 rings (SSSR count). The molecule has 6 nitrogen and oxygen atoms in total. The molecule has 29 heavy (non-hydrogen) atoms. The molecule has 1 fully saturated rings. The number of ether oxygens (including phenoxy) is 1. The largest absolute Gasteiger partial charge is 0.444 e. The molecule has 0 radical (unpaired) electrons. The molecule has 0 saturated carbocycles. The first kappa shape index (κ1) is 21.2. The van der Waals surface area contributed by atoms with Crippen LogP contribution in [0.5, 0.6) is 0 Å². The second kappa shape index (κ2) is 8.09. The normalized spacial score (nSPS) is 15.6. The molecule has 2 aromatic rings. The molecule has 1 N–H and O–H groups in total. The second-order valence-corrected chi connectivity index (χ2v) is 9.23. The SMILES string of the molecule is Cc1[nH]c2ccc(C(=O)N3CCC(CN(C)C(=O)OC(C)(C)C)CC3)cc2c1C. The first-order chi connectivity index (χ1) is 13.5. The van der Waals surface area contributed by atoms with E-state index < -0.39 is 5.60 Å². The summed E-state index contributed by atoms with van der Waals surface area (Å²) in [5.41, 5.74) is 3.65. The van der Waals surface area contributed by atoms with E-state index in [0.717, 1.165) is 48.1 Å². The fourth-order valence-corrected chi connectivity index (χ4v) is 3.90. The molecule has 2 heterocycles. The third kappa shape index (κ3) is 4.92. The minimum absolute atomic E-state index is 0.0871. The van der Waals surface area contributed by atoms with Crippen molar-refractivity contribution >= 4 is 22.9 Å². The predicted octanol–water partition coefficient (Wildman–Crippen LogP) is 4.50. The van der Waals surface area contributed by atoms with Crippen LogP contribution in [0.2, 0.25) is 0 Å². The highest BCUT2D eigenvalue weighted by molar-refractivity contribution is 5.99. The van der Waals surface area contributed by atoms with Gasteiger partial charge >= 0.3 is 6.09 Å². The van der Waals surface area contributed by atoms with Crippen LogP contribution in [-0.2, 0) is 4.74 Å². The summed E-state index contributed by atoms with van der Waals surface area (Å²) in [5.74, 6) is 0.470. The summed E-state index contributed by atoms with van der Waals surface area (Å²) in [5, 5.41) is 1.11. The zero-order chi connectivity index (χ0) is 21.3. The highest BCUT2D eigenvalue weighted by atomic mass is 16.6. The van der Waals surface area contributed by atoms with Gasteiger partial charge in [-0.3, -0.25) is 4.79 Å². The van der Waals surface area contributed by atoms with Crippen LogP contribution in [0.3, 0.4) is 0 Å². The quantitative estimate of drug-likeness (QED) is 0.826. The van der Waals surface area contributed by atoms with Crippen molar-refractivity contribution in [3.63, 3.8) is 0 Å². The average Bonchev–Trinajstić information content (AvgIpc) is 2.94. The minimum Gasteiger partial charge on any atom is -0.444 e. The van der Waals surface area contributed by atoms with E-state index in [9.17, 15) is 9.59 Å². The van der Waals surface area contributed by atoms with Crippen molar-refractivity contribution in [1.29, 1.82) is 0 Å². The number of fused-ring (bicyclic) bond motifs is 1. The van der Waals surface area contributed by atoms with E-state index in [1.165, 1.54) is 5.56 Å². The number of aromatic amines is 1. The predicted molar refractivity (Wildman–Crippen MR) is 115 cm³/mol. The van der Waals surface area contributed by atoms with E-state index in [-0.39, 0.29) is 12.0 Å². The summed E-state index contributed by atoms with van der Waals surface area (Å²) in [6.07, 6.45) is 1.49. The van der Waals surface area contributed by atoms with Crippen LogP contribution in [0.4, 0.5) is 4.79 Å². The number of aryl methyl sites for hydroxylation is 2. The van der Waals surface area contributed by atoms with Gasteiger partial charge in [0.25, 0.3) is 5.91 Å². The topological polar surface area (TPSA) is 65.6 Å². The number of benzene rings is 1. The van der Waals surface area contributed by atoms with Crippen molar-refractivity contribution < 1.29 is 14.3 Å². The van der Waals surface area contributed by atoms with Gasteiger partial charge in [0.05, 0.1) is 0 Å². The smallest absolute Gasteiger partial charge is 0.410 e. The standard InChI is InChI=1S/C23H33N3O3/c1-15-16(2)24-20-8-7-18(13-19(15)20)21(27)26-11-9-17(10-12-26)14-25(6)22(28)29-23(3,4)5/h7-8,13,17,24H,9-12,14H2,1-6H3. The van der Waals surface area contributed by atoms with E-state index in [2.05, 4.69) is 18.8 Å². The molecule has 6 heteroatoms. The molecule has 0 aliphatic carbocycles. The number of H-pyrrole nitrogens is 1. The number of piperidine rings is 1. The van der Waals surface area contributed by atoms with E-state index in [1.54, 1.807) is 11.9 Å². The van der Waals surface area contributed by atoms with Gasteiger partial charge in [0.1, 0.15) is 5.60 Å². The summed E-state index contributed by atoms with van der Waals surface area (Å²) in [4.78, 5) is 32.1. The fraction of sp³-hybridized carbons (Fsp3) is 0.565. The van der Waals surface area contributed by atoms with Crippen LogP contribution >= 0.6 is 0 Å². The van der Waals surface area contributed by atoms with Gasteiger partial charge in [0.15, 0.2) is 0 Å². The molecule has 0 bridgehead atoms. The number of nitrogens with zero attached hydrogens (tertiary/aromatic N) is 2. The Kier molecular flexibility index (Phi) is 5.92. The number of amides is 2. The highest BCUT2D eigenvalue weighted by Crippen LogP contribution is 2.25. The summed E-state index contributed by atoms with van der Waals surface area (Å²) < 4.78 is 5.42. The third-order valence-corrected chi connectivity index (χ3v) is 5.69. The van der Waals surface area contributed by atoms with Crippen LogP contribution in [0.1, 0.15) is 55.2 Å². The van der Waals surface area contributed by atoms with E-state index in [1.807, 2.05) is 43.9 Å². The van der Waals surface area contributed by atoms with Gasteiger partial charge in [-0.05, 0) is 77.1 Å². The Morgan fingerprint density at radius 2 is 1.86 bits per heavy atom. The molecular weight excluding hydrogens is 366 g/mol. The van der Waals surface area contributed by atoms with Crippen molar-refractivity contribution in [3.05, 3.63) is 35.0 Å². The Morgan fingerprint density at radius 1 is 1.21 bits per heavy atom. The number of aromatic nitrogens is 1. The summed E-state index contributed by atoms with van der Waals surface area (Å²) >= 11 is 0. The van der Waals surface area contributed by atoms with Crippen molar-refractivity contribution in [3.8, 4) is 0 Å². The van der Waals surface area contributed by atoms with Crippen LogP contribution in [0.25, 0.3) is 10.9 Å². The van der Waals surface area contributed by atoms with E-state index >= 15 is 0 Å². The highest BCUT2D eigenvalue weighted by Gasteiger charge is 2.27.